The summed E-state index contributed by atoms with van der Waals surface area (Å²) in [5.41, 5.74) is 2.25. The number of imidazole rings is 1. The number of rotatable bonds is 8. The van der Waals surface area contributed by atoms with Crippen molar-refractivity contribution in [2.45, 2.75) is 13.1 Å². The number of nitrogens with one attached hydrogen (secondary N) is 1. The maximum atomic E-state index is 12.4. The molecule has 1 N–H and O–H groups in total. The van der Waals surface area contributed by atoms with Crippen LogP contribution in [0.2, 0.25) is 0 Å². The molecule has 0 saturated heterocycles. The van der Waals surface area contributed by atoms with Crippen LogP contribution in [-0.4, -0.2) is 34.2 Å². The van der Waals surface area contributed by atoms with Crippen molar-refractivity contribution in [1.29, 1.82) is 0 Å². The SMILES string of the molecule is COc1ccc(OCCn2c(CNC(=O)c3ccccn3)nc3ccccc32)cc1. The fraction of sp³-hybridized carbons (Fsp3) is 0.174. The van der Waals surface area contributed by atoms with E-state index in [1.54, 1.807) is 31.5 Å². The molecule has 1 amide bonds. The van der Waals surface area contributed by atoms with Crippen LogP contribution in [0.1, 0.15) is 16.3 Å². The number of hydrogen-bond acceptors (Lipinski definition) is 5. The molecule has 30 heavy (non-hydrogen) atoms. The van der Waals surface area contributed by atoms with Crippen molar-refractivity contribution in [2.24, 2.45) is 0 Å². The molecule has 0 radical (unpaired) electrons. The maximum Gasteiger partial charge on any atom is 0.270 e. The number of carbonyl (C=O) groups is 1. The van der Waals surface area contributed by atoms with Crippen molar-refractivity contribution in [1.82, 2.24) is 19.9 Å². The van der Waals surface area contributed by atoms with Gasteiger partial charge in [0.05, 0.1) is 31.2 Å². The van der Waals surface area contributed by atoms with Gasteiger partial charge >= 0.3 is 0 Å². The predicted octanol–water partition coefficient (Wildman–Crippen LogP) is 3.45. The summed E-state index contributed by atoms with van der Waals surface area (Å²) in [7, 11) is 1.63. The Balaban J connectivity index is 1.46. The lowest BCUT2D eigenvalue weighted by molar-refractivity contribution is 0.0944. The van der Waals surface area contributed by atoms with Crippen LogP contribution in [0.15, 0.2) is 72.9 Å². The lowest BCUT2D eigenvalue weighted by atomic mass is 10.3. The standard InChI is InChI=1S/C23H22N4O3/c1-29-17-9-11-18(12-10-17)30-15-14-27-21-8-3-2-6-19(21)26-22(27)16-25-23(28)20-7-4-5-13-24-20/h2-13H,14-16H2,1H3,(H,25,28). The Kier molecular flexibility index (Phi) is 5.89. The minimum Gasteiger partial charge on any atom is -0.497 e. The van der Waals surface area contributed by atoms with E-state index in [4.69, 9.17) is 9.47 Å². The maximum absolute atomic E-state index is 12.4. The average molecular weight is 402 g/mol. The third-order valence-electron chi connectivity index (χ3n) is 4.68. The molecule has 0 aliphatic rings. The highest BCUT2D eigenvalue weighted by molar-refractivity contribution is 5.92. The normalized spacial score (nSPS) is 10.7. The second kappa shape index (κ2) is 9.09. The van der Waals surface area contributed by atoms with Crippen LogP contribution in [0.5, 0.6) is 11.5 Å². The lowest BCUT2D eigenvalue weighted by Gasteiger charge is -2.12. The van der Waals surface area contributed by atoms with Crippen LogP contribution in [0.3, 0.4) is 0 Å². The van der Waals surface area contributed by atoms with Gasteiger partial charge in [0.2, 0.25) is 0 Å². The summed E-state index contributed by atoms with van der Waals surface area (Å²) >= 11 is 0. The van der Waals surface area contributed by atoms with Crippen LogP contribution < -0.4 is 14.8 Å². The fourth-order valence-corrected chi connectivity index (χ4v) is 3.18. The van der Waals surface area contributed by atoms with Crippen LogP contribution in [0.25, 0.3) is 11.0 Å². The van der Waals surface area contributed by atoms with Crippen molar-refractivity contribution in [3.8, 4) is 11.5 Å². The number of carbonyl (C=O) groups excluding carboxylic acids is 1. The molecule has 7 heteroatoms. The lowest BCUT2D eigenvalue weighted by Crippen LogP contribution is -2.26. The van der Waals surface area contributed by atoms with E-state index in [-0.39, 0.29) is 5.91 Å². The molecule has 0 aliphatic carbocycles. The number of ether oxygens (including phenoxy) is 2. The first-order valence-electron chi connectivity index (χ1n) is 9.65. The van der Waals surface area contributed by atoms with Crippen LogP contribution in [0.4, 0.5) is 0 Å². The summed E-state index contributed by atoms with van der Waals surface area (Å²) in [6.07, 6.45) is 1.60. The van der Waals surface area contributed by atoms with Gasteiger partial charge in [-0.05, 0) is 48.5 Å². The molecule has 2 heterocycles. The van der Waals surface area contributed by atoms with E-state index in [9.17, 15) is 4.79 Å². The van der Waals surface area contributed by atoms with Crippen LogP contribution in [-0.2, 0) is 13.1 Å². The molecule has 0 atom stereocenters. The number of hydrogen-bond donors (Lipinski definition) is 1. The Labute approximate surface area is 174 Å². The largest absolute Gasteiger partial charge is 0.497 e. The molecule has 0 bridgehead atoms. The first-order valence-corrected chi connectivity index (χ1v) is 9.65. The minimum atomic E-state index is -0.233. The molecular formula is C23H22N4O3. The number of methoxy groups -OCH3 is 1. The summed E-state index contributed by atoms with van der Waals surface area (Å²) in [6.45, 7) is 1.36. The number of nitrogens with zero attached hydrogens (tertiary/aromatic N) is 3. The zero-order valence-electron chi connectivity index (χ0n) is 16.6. The molecule has 152 valence electrons. The van der Waals surface area contributed by atoms with Crippen molar-refractivity contribution in [3.63, 3.8) is 0 Å². The van der Waals surface area contributed by atoms with E-state index in [0.717, 1.165) is 28.4 Å². The third kappa shape index (κ3) is 4.41. The van der Waals surface area contributed by atoms with Gasteiger partial charge in [-0.15, -0.1) is 0 Å². The minimum absolute atomic E-state index is 0.233. The van der Waals surface area contributed by atoms with Crippen molar-refractivity contribution in [2.75, 3.05) is 13.7 Å². The van der Waals surface area contributed by atoms with Crippen molar-refractivity contribution >= 4 is 16.9 Å². The molecule has 4 aromatic rings. The van der Waals surface area contributed by atoms with Crippen LogP contribution >= 0.6 is 0 Å². The number of amides is 1. The zero-order chi connectivity index (χ0) is 20.8. The van der Waals surface area contributed by atoms with Gasteiger partial charge < -0.3 is 19.4 Å². The smallest absolute Gasteiger partial charge is 0.270 e. The predicted molar refractivity (Wildman–Crippen MR) is 114 cm³/mol. The molecule has 0 spiro atoms. The zero-order valence-corrected chi connectivity index (χ0v) is 16.6. The second-order valence-corrected chi connectivity index (χ2v) is 6.59. The molecule has 0 saturated carbocycles. The first-order chi connectivity index (χ1) is 14.7. The van der Waals surface area contributed by atoms with E-state index in [1.165, 1.54) is 0 Å². The molecule has 4 rings (SSSR count). The van der Waals surface area contributed by atoms with E-state index in [2.05, 4.69) is 19.9 Å². The Morgan fingerprint density at radius 3 is 2.53 bits per heavy atom. The Hall–Kier alpha value is -3.87. The Morgan fingerprint density at radius 2 is 1.77 bits per heavy atom. The van der Waals surface area contributed by atoms with Gasteiger partial charge in [0.15, 0.2) is 0 Å². The van der Waals surface area contributed by atoms with Gasteiger partial charge in [0, 0.05) is 6.20 Å². The fourth-order valence-electron chi connectivity index (χ4n) is 3.18. The molecule has 0 unspecified atom stereocenters. The molecule has 2 aromatic heterocycles. The summed E-state index contributed by atoms with van der Waals surface area (Å²) in [5, 5.41) is 2.90. The van der Waals surface area contributed by atoms with Gasteiger partial charge in [-0.2, -0.15) is 0 Å². The highest BCUT2D eigenvalue weighted by Crippen LogP contribution is 2.19. The first kappa shape index (κ1) is 19.4. The Morgan fingerprint density at radius 1 is 1.00 bits per heavy atom. The number of fused-ring (bicyclic) bond motifs is 1. The monoisotopic (exact) mass is 402 g/mol. The molecule has 0 aliphatic heterocycles. The van der Waals surface area contributed by atoms with Gasteiger partial charge in [-0.3, -0.25) is 9.78 Å². The van der Waals surface area contributed by atoms with E-state index in [0.29, 0.717) is 25.4 Å². The Bertz CT molecular complexity index is 1120. The highest BCUT2D eigenvalue weighted by Gasteiger charge is 2.13. The molecule has 2 aromatic carbocycles. The van der Waals surface area contributed by atoms with Gasteiger partial charge in [0.25, 0.3) is 5.91 Å². The highest BCUT2D eigenvalue weighted by atomic mass is 16.5. The quantitative estimate of drug-likeness (QED) is 0.488. The molecular weight excluding hydrogens is 380 g/mol. The number of pyridine rings is 1. The summed E-state index contributed by atoms with van der Waals surface area (Å²) in [6, 6.07) is 20.6. The van der Waals surface area contributed by atoms with Gasteiger partial charge in [0.1, 0.15) is 29.6 Å². The summed E-state index contributed by atoms with van der Waals surface area (Å²) in [4.78, 5) is 21.1. The van der Waals surface area contributed by atoms with E-state index in [1.807, 2.05) is 48.5 Å². The number of aromatic nitrogens is 3. The van der Waals surface area contributed by atoms with Crippen molar-refractivity contribution < 1.29 is 14.3 Å². The average Bonchev–Trinajstić information content (AvgIpc) is 3.16. The van der Waals surface area contributed by atoms with E-state index >= 15 is 0 Å². The second-order valence-electron chi connectivity index (χ2n) is 6.59. The summed E-state index contributed by atoms with van der Waals surface area (Å²) in [5.74, 6) is 2.08. The number of para-hydroxylation sites is 2. The van der Waals surface area contributed by atoms with Gasteiger partial charge in [-0.1, -0.05) is 18.2 Å². The molecule has 7 nitrogen and oxygen atoms in total. The topological polar surface area (TPSA) is 78.3 Å². The molecule has 0 fully saturated rings. The van der Waals surface area contributed by atoms with Crippen LogP contribution in [0, 0.1) is 0 Å². The van der Waals surface area contributed by atoms with Crippen molar-refractivity contribution in [3.05, 3.63) is 84.4 Å². The van der Waals surface area contributed by atoms with E-state index < -0.39 is 0 Å². The summed E-state index contributed by atoms with van der Waals surface area (Å²) < 4.78 is 13.1. The third-order valence-corrected chi connectivity index (χ3v) is 4.68. The number of benzene rings is 2. The van der Waals surface area contributed by atoms with Gasteiger partial charge in [-0.25, -0.2) is 4.98 Å².